The quantitative estimate of drug-likeness (QED) is 0.861. The summed E-state index contributed by atoms with van der Waals surface area (Å²) in [6, 6.07) is 2.01. The van der Waals surface area contributed by atoms with E-state index in [-0.39, 0.29) is 11.9 Å². The van der Waals surface area contributed by atoms with E-state index in [4.69, 9.17) is 0 Å². The van der Waals surface area contributed by atoms with Gasteiger partial charge >= 0.3 is 0 Å². The van der Waals surface area contributed by atoms with Crippen molar-refractivity contribution in [2.75, 3.05) is 13.1 Å². The largest absolute Gasteiger partial charge is 0.354 e. The molecule has 2 rings (SSSR count). The van der Waals surface area contributed by atoms with Crippen LogP contribution in [0.3, 0.4) is 0 Å². The molecule has 0 saturated carbocycles. The molecular formula is C14H23N3O. The van der Waals surface area contributed by atoms with Gasteiger partial charge in [-0.05, 0) is 38.3 Å². The highest BCUT2D eigenvalue weighted by Crippen LogP contribution is 2.09. The number of amides is 1. The van der Waals surface area contributed by atoms with Crippen LogP contribution in [0, 0.1) is 0 Å². The standard InChI is InChI=1S/C14H23N3O/c1-3-16-9-6-13(11-16)10-15-12(2)14(18)17-7-4-5-8-17/h6,9,11-12,15H,3-5,7-8,10H2,1-2H3. The van der Waals surface area contributed by atoms with Crippen LogP contribution in [-0.4, -0.2) is 34.5 Å². The first-order valence-corrected chi connectivity index (χ1v) is 6.87. The van der Waals surface area contributed by atoms with E-state index in [1.807, 2.05) is 11.8 Å². The molecule has 4 nitrogen and oxygen atoms in total. The topological polar surface area (TPSA) is 37.3 Å². The summed E-state index contributed by atoms with van der Waals surface area (Å²) >= 11 is 0. The van der Waals surface area contributed by atoms with Crippen molar-refractivity contribution in [2.45, 2.75) is 45.8 Å². The Morgan fingerprint density at radius 2 is 2.17 bits per heavy atom. The van der Waals surface area contributed by atoms with Crippen molar-refractivity contribution in [1.29, 1.82) is 0 Å². The molecule has 1 aromatic heterocycles. The van der Waals surface area contributed by atoms with Crippen LogP contribution in [0.5, 0.6) is 0 Å². The fourth-order valence-electron chi connectivity index (χ4n) is 2.36. The lowest BCUT2D eigenvalue weighted by Crippen LogP contribution is -2.43. The molecule has 100 valence electrons. The smallest absolute Gasteiger partial charge is 0.239 e. The minimum Gasteiger partial charge on any atom is -0.354 e. The molecule has 2 heterocycles. The van der Waals surface area contributed by atoms with Crippen molar-refractivity contribution in [3.63, 3.8) is 0 Å². The summed E-state index contributed by atoms with van der Waals surface area (Å²) in [5.74, 6) is 0.238. The lowest BCUT2D eigenvalue weighted by Gasteiger charge is -2.21. The SMILES string of the molecule is CCn1ccc(CNC(C)C(=O)N2CCCC2)c1. The number of aromatic nitrogens is 1. The van der Waals surface area contributed by atoms with Gasteiger partial charge in [0.2, 0.25) is 5.91 Å². The van der Waals surface area contributed by atoms with Crippen molar-refractivity contribution in [3.8, 4) is 0 Å². The van der Waals surface area contributed by atoms with Gasteiger partial charge < -0.3 is 14.8 Å². The van der Waals surface area contributed by atoms with E-state index in [0.29, 0.717) is 0 Å². The first-order valence-electron chi connectivity index (χ1n) is 6.87. The van der Waals surface area contributed by atoms with E-state index in [2.05, 4.69) is 35.3 Å². The summed E-state index contributed by atoms with van der Waals surface area (Å²) in [6.45, 7) is 7.68. The van der Waals surface area contributed by atoms with Gasteiger partial charge in [-0.1, -0.05) is 0 Å². The minimum absolute atomic E-state index is 0.0897. The van der Waals surface area contributed by atoms with Crippen LogP contribution < -0.4 is 5.32 Å². The molecule has 1 N–H and O–H groups in total. The fourth-order valence-corrected chi connectivity index (χ4v) is 2.36. The van der Waals surface area contributed by atoms with Gasteiger partial charge in [0.15, 0.2) is 0 Å². The number of aryl methyl sites for hydroxylation is 1. The summed E-state index contributed by atoms with van der Waals surface area (Å²) < 4.78 is 2.14. The maximum Gasteiger partial charge on any atom is 0.239 e. The average Bonchev–Trinajstić information content (AvgIpc) is 3.05. The van der Waals surface area contributed by atoms with Gasteiger partial charge in [0.05, 0.1) is 6.04 Å². The van der Waals surface area contributed by atoms with Crippen molar-refractivity contribution in [2.24, 2.45) is 0 Å². The van der Waals surface area contributed by atoms with Gasteiger partial charge in [-0.2, -0.15) is 0 Å². The molecular weight excluding hydrogens is 226 g/mol. The Balaban J connectivity index is 1.80. The average molecular weight is 249 g/mol. The van der Waals surface area contributed by atoms with Crippen LogP contribution in [0.4, 0.5) is 0 Å². The van der Waals surface area contributed by atoms with Crippen LogP contribution in [0.1, 0.15) is 32.3 Å². The van der Waals surface area contributed by atoms with Gasteiger partial charge in [0, 0.05) is 38.6 Å². The highest BCUT2D eigenvalue weighted by molar-refractivity contribution is 5.81. The van der Waals surface area contributed by atoms with Crippen LogP contribution in [0.15, 0.2) is 18.5 Å². The van der Waals surface area contributed by atoms with Crippen LogP contribution in [0.2, 0.25) is 0 Å². The Kier molecular flexibility index (Phi) is 4.42. The second-order valence-corrected chi connectivity index (χ2v) is 4.99. The van der Waals surface area contributed by atoms with Crippen molar-refractivity contribution in [1.82, 2.24) is 14.8 Å². The summed E-state index contributed by atoms with van der Waals surface area (Å²) in [6.07, 6.45) is 6.50. The van der Waals surface area contributed by atoms with E-state index in [9.17, 15) is 4.79 Å². The molecule has 1 aliphatic heterocycles. The maximum atomic E-state index is 12.1. The molecule has 1 aliphatic rings. The lowest BCUT2D eigenvalue weighted by atomic mass is 10.2. The second-order valence-electron chi connectivity index (χ2n) is 4.99. The van der Waals surface area contributed by atoms with Gasteiger partial charge in [-0.25, -0.2) is 0 Å². The Morgan fingerprint density at radius 3 is 2.78 bits per heavy atom. The molecule has 18 heavy (non-hydrogen) atoms. The van der Waals surface area contributed by atoms with Gasteiger partial charge in [0.25, 0.3) is 0 Å². The molecule has 0 bridgehead atoms. The summed E-state index contributed by atoms with van der Waals surface area (Å²) in [4.78, 5) is 14.1. The molecule has 1 saturated heterocycles. The highest BCUT2D eigenvalue weighted by atomic mass is 16.2. The number of rotatable bonds is 5. The van der Waals surface area contributed by atoms with E-state index < -0.39 is 0 Å². The fraction of sp³-hybridized carbons (Fsp3) is 0.643. The summed E-state index contributed by atoms with van der Waals surface area (Å²) in [5, 5.41) is 3.31. The summed E-state index contributed by atoms with van der Waals surface area (Å²) in [5.41, 5.74) is 1.23. The lowest BCUT2D eigenvalue weighted by molar-refractivity contribution is -0.131. The van der Waals surface area contributed by atoms with Crippen LogP contribution in [0.25, 0.3) is 0 Å². The number of nitrogens with one attached hydrogen (secondary N) is 1. The van der Waals surface area contributed by atoms with E-state index in [1.54, 1.807) is 0 Å². The monoisotopic (exact) mass is 249 g/mol. The van der Waals surface area contributed by atoms with Gasteiger partial charge in [-0.3, -0.25) is 4.79 Å². The zero-order chi connectivity index (χ0) is 13.0. The number of likely N-dealkylation sites (tertiary alicyclic amines) is 1. The summed E-state index contributed by atoms with van der Waals surface area (Å²) in [7, 11) is 0. The van der Waals surface area contributed by atoms with E-state index >= 15 is 0 Å². The van der Waals surface area contributed by atoms with Crippen molar-refractivity contribution >= 4 is 5.91 Å². The third-order valence-corrected chi connectivity index (χ3v) is 3.58. The molecule has 0 spiro atoms. The zero-order valence-corrected chi connectivity index (χ0v) is 11.4. The molecule has 0 aromatic carbocycles. The number of nitrogens with zero attached hydrogens (tertiary/aromatic N) is 2. The van der Waals surface area contributed by atoms with Crippen molar-refractivity contribution < 1.29 is 4.79 Å². The maximum absolute atomic E-state index is 12.1. The van der Waals surface area contributed by atoms with Crippen LogP contribution in [-0.2, 0) is 17.9 Å². The Bertz CT molecular complexity index is 393. The molecule has 0 radical (unpaired) electrons. The second kappa shape index (κ2) is 6.05. The van der Waals surface area contributed by atoms with E-state index in [0.717, 1.165) is 39.0 Å². The number of carbonyl (C=O) groups excluding carboxylic acids is 1. The van der Waals surface area contributed by atoms with Gasteiger partial charge in [-0.15, -0.1) is 0 Å². The number of hydrogen-bond donors (Lipinski definition) is 1. The van der Waals surface area contributed by atoms with E-state index in [1.165, 1.54) is 5.56 Å². The Morgan fingerprint density at radius 1 is 1.44 bits per heavy atom. The molecule has 0 aliphatic carbocycles. The minimum atomic E-state index is -0.0897. The van der Waals surface area contributed by atoms with Gasteiger partial charge in [0.1, 0.15) is 0 Å². The third-order valence-electron chi connectivity index (χ3n) is 3.58. The highest BCUT2D eigenvalue weighted by Gasteiger charge is 2.22. The molecule has 1 amide bonds. The zero-order valence-electron chi connectivity index (χ0n) is 11.4. The molecule has 1 atom stereocenters. The molecule has 1 unspecified atom stereocenters. The number of carbonyl (C=O) groups is 1. The Labute approximate surface area is 109 Å². The Hall–Kier alpha value is -1.29. The first kappa shape index (κ1) is 13.1. The van der Waals surface area contributed by atoms with Crippen LogP contribution >= 0.6 is 0 Å². The number of hydrogen-bond acceptors (Lipinski definition) is 2. The predicted molar refractivity (Wildman–Crippen MR) is 72.2 cm³/mol. The molecule has 1 fully saturated rings. The molecule has 4 heteroatoms. The predicted octanol–water partition coefficient (Wildman–Crippen LogP) is 1.61. The first-order chi connectivity index (χ1) is 8.70. The third kappa shape index (κ3) is 3.13. The normalized spacial score (nSPS) is 17.1. The van der Waals surface area contributed by atoms with Crippen molar-refractivity contribution in [3.05, 3.63) is 24.0 Å². The molecule has 1 aromatic rings.